The summed E-state index contributed by atoms with van der Waals surface area (Å²) < 4.78 is 19.0. The average molecular weight is 405 g/mol. The molecular formula is C21H25FN2O3S. The van der Waals surface area contributed by atoms with E-state index in [1.807, 2.05) is 25.1 Å². The van der Waals surface area contributed by atoms with Crippen molar-refractivity contribution in [3.8, 4) is 0 Å². The minimum atomic E-state index is -0.761. The van der Waals surface area contributed by atoms with Gasteiger partial charge in [-0.3, -0.25) is 10.1 Å². The van der Waals surface area contributed by atoms with Crippen LogP contribution in [0, 0.1) is 12.7 Å². The van der Waals surface area contributed by atoms with Crippen LogP contribution in [0.25, 0.3) is 0 Å². The topological polar surface area (TPSA) is 67.4 Å². The first kappa shape index (κ1) is 21.8. The van der Waals surface area contributed by atoms with Gasteiger partial charge < -0.3 is 10.1 Å². The molecule has 2 aromatic carbocycles. The van der Waals surface area contributed by atoms with E-state index in [2.05, 4.69) is 16.7 Å². The number of halogens is 1. The number of ether oxygens (including phenoxy) is 1. The first-order chi connectivity index (χ1) is 13.1. The Hall–Kier alpha value is -2.54. The molecule has 0 spiro atoms. The highest BCUT2D eigenvalue weighted by Crippen LogP contribution is 2.21. The number of rotatable bonds is 6. The SMILES string of the molecule is Cc1cccc(CSCC(=O)Nc2ccc(F)c(NC(=O)OC(C)(C)C)c2)c1. The van der Waals surface area contributed by atoms with E-state index >= 15 is 0 Å². The fourth-order valence-corrected chi connectivity index (χ4v) is 3.15. The van der Waals surface area contributed by atoms with Gasteiger partial charge >= 0.3 is 6.09 Å². The number of nitrogens with one attached hydrogen (secondary N) is 2. The number of carbonyl (C=O) groups excluding carboxylic acids is 2. The van der Waals surface area contributed by atoms with Gasteiger partial charge in [0.1, 0.15) is 11.4 Å². The Morgan fingerprint density at radius 2 is 1.86 bits per heavy atom. The standard InChI is InChI=1S/C21H25FN2O3S/c1-14-6-5-7-15(10-14)12-28-13-19(25)23-16-8-9-17(22)18(11-16)24-20(26)27-21(2,3)4/h5-11H,12-13H2,1-4H3,(H,23,25)(H,24,26). The maximum Gasteiger partial charge on any atom is 0.412 e. The van der Waals surface area contributed by atoms with Crippen LogP contribution in [0.3, 0.4) is 0 Å². The fourth-order valence-electron chi connectivity index (χ4n) is 2.37. The van der Waals surface area contributed by atoms with E-state index in [4.69, 9.17) is 4.74 Å². The van der Waals surface area contributed by atoms with Crippen molar-refractivity contribution in [3.63, 3.8) is 0 Å². The third-order valence-corrected chi connectivity index (χ3v) is 4.47. The molecule has 0 aliphatic carbocycles. The van der Waals surface area contributed by atoms with Gasteiger partial charge in [-0.1, -0.05) is 29.8 Å². The lowest BCUT2D eigenvalue weighted by molar-refractivity contribution is -0.113. The molecule has 0 aliphatic heterocycles. The lowest BCUT2D eigenvalue weighted by atomic mass is 10.2. The number of hydrogen-bond donors (Lipinski definition) is 2. The number of thioether (sulfide) groups is 1. The summed E-state index contributed by atoms with van der Waals surface area (Å²) in [5.74, 6) is 0.176. The van der Waals surface area contributed by atoms with E-state index in [9.17, 15) is 14.0 Å². The van der Waals surface area contributed by atoms with Gasteiger partial charge in [0.15, 0.2) is 0 Å². The van der Waals surface area contributed by atoms with Crippen LogP contribution in [0.1, 0.15) is 31.9 Å². The van der Waals surface area contributed by atoms with Gasteiger partial charge in [-0.25, -0.2) is 9.18 Å². The van der Waals surface area contributed by atoms with Gasteiger partial charge in [0, 0.05) is 11.4 Å². The van der Waals surface area contributed by atoms with E-state index in [0.717, 1.165) is 11.3 Å². The molecule has 5 nitrogen and oxygen atoms in total. The zero-order valence-corrected chi connectivity index (χ0v) is 17.3. The summed E-state index contributed by atoms with van der Waals surface area (Å²) in [6.45, 7) is 7.17. The molecule has 2 aromatic rings. The minimum absolute atomic E-state index is 0.0561. The number of benzene rings is 2. The van der Waals surface area contributed by atoms with Crippen LogP contribution in [-0.4, -0.2) is 23.4 Å². The van der Waals surface area contributed by atoms with E-state index < -0.39 is 17.5 Å². The molecule has 2 rings (SSSR count). The number of anilines is 2. The van der Waals surface area contributed by atoms with Crippen molar-refractivity contribution in [1.29, 1.82) is 0 Å². The van der Waals surface area contributed by atoms with Crippen LogP contribution in [-0.2, 0) is 15.3 Å². The Bertz CT molecular complexity index is 850. The van der Waals surface area contributed by atoms with Crippen LogP contribution < -0.4 is 10.6 Å². The predicted octanol–water partition coefficient (Wildman–Crippen LogP) is 5.35. The second-order valence-corrected chi connectivity index (χ2v) is 8.34. The highest BCUT2D eigenvalue weighted by Gasteiger charge is 2.17. The Morgan fingerprint density at radius 1 is 1.11 bits per heavy atom. The molecule has 28 heavy (non-hydrogen) atoms. The molecule has 0 aromatic heterocycles. The van der Waals surface area contributed by atoms with Gasteiger partial charge in [0.2, 0.25) is 5.91 Å². The molecule has 0 fully saturated rings. The quantitative estimate of drug-likeness (QED) is 0.681. The van der Waals surface area contributed by atoms with Crippen LogP contribution in [0.5, 0.6) is 0 Å². The molecular weight excluding hydrogens is 379 g/mol. The molecule has 150 valence electrons. The number of amides is 2. The van der Waals surface area contributed by atoms with Gasteiger partial charge in [0.05, 0.1) is 11.4 Å². The third-order valence-electron chi connectivity index (χ3n) is 3.47. The van der Waals surface area contributed by atoms with E-state index in [0.29, 0.717) is 5.69 Å². The maximum atomic E-state index is 13.9. The lowest BCUT2D eigenvalue weighted by Gasteiger charge is -2.20. The monoisotopic (exact) mass is 404 g/mol. The highest BCUT2D eigenvalue weighted by molar-refractivity contribution is 7.99. The van der Waals surface area contributed by atoms with E-state index in [-0.39, 0.29) is 17.3 Å². The molecule has 0 atom stereocenters. The molecule has 2 amide bonds. The van der Waals surface area contributed by atoms with Gasteiger partial charge in [-0.15, -0.1) is 11.8 Å². The predicted molar refractivity (Wildman–Crippen MR) is 112 cm³/mol. The second kappa shape index (κ2) is 9.59. The van der Waals surface area contributed by atoms with Crippen LogP contribution in [0.15, 0.2) is 42.5 Å². The molecule has 0 radical (unpaired) electrons. The summed E-state index contributed by atoms with van der Waals surface area (Å²) in [5, 5.41) is 5.07. The molecule has 0 unspecified atom stereocenters. The summed E-state index contributed by atoms with van der Waals surface area (Å²) in [6.07, 6.45) is -0.761. The van der Waals surface area contributed by atoms with Crippen molar-refractivity contribution in [1.82, 2.24) is 0 Å². The Morgan fingerprint density at radius 3 is 2.54 bits per heavy atom. The molecule has 0 aliphatic rings. The molecule has 0 bridgehead atoms. The first-order valence-electron chi connectivity index (χ1n) is 8.85. The largest absolute Gasteiger partial charge is 0.444 e. The second-order valence-electron chi connectivity index (χ2n) is 7.35. The zero-order valence-electron chi connectivity index (χ0n) is 16.5. The Kier molecular flexibility index (Phi) is 7.45. The average Bonchev–Trinajstić information content (AvgIpc) is 2.56. The van der Waals surface area contributed by atoms with Crippen molar-refractivity contribution >= 4 is 35.1 Å². The van der Waals surface area contributed by atoms with Crippen LogP contribution >= 0.6 is 11.8 Å². The van der Waals surface area contributed by atoms with Crippen molar-refractivity contribution in [2.75, 3.05) is 16.4 Å². The molecule has 7 heteroatoms. The normalized spacial score (nSPS) is 11.0. The Labute approximate surface area is 169 Å². The number of aryl methyl sites for hydroxylation is 1. The molecule has 2 N–H and O–H groups in total. The maximum absolute atomic E-state index is 13.9. The number of carbonyl (C=O) groups is 2. The van der Waals surface area contributed by atoms with Crippen molar-refractivity contribution < 1.29 is 18.7 Å². The minimum Gasteiger partial charge on any atom is -0.444 e. The molecule has 0 heterocycles. The van der Waals surface area contributed by atoms with Crippen LogP contribution in [0.4, 0.5) is 20.6 Å². The smallest absolute Gasteiger partial charge is 0.412 e. The highest BCUT2D eigenvalue weighted by atomic mass is 32.2. The third kappa shape index (κ3) is 7.60. The number of hydrogen-bond acceptors (Lipinski definition) is 4. The van der Waals surface area contributed by atoms with Gasteiger partial charge in [-0.2, -0.15) is 0 Å². The van der Waals surface area contributed by atoms with Crippen molar-refractivity contribution in [3.05, 3.63) is 59.4 Å². The summed E-state index contributed by atoms with van der Waals surface area (Å²) in [5.41, 5.74) is 1.98. The van der Waals surface area contributed by atoms with Crippen molar-refractivity contribution in [2.45, 2.75) is 39.0 Å². The molecule has 0 saturated heterocycles. The molecule has 0 saturated carbocycles. The fraction of sp³-hybridized carbons (Fsp3) is 0.333. The summed E-state index contributed by atoms with van der Waals surface area (Å²) >= 11 is 1.49. The summed E-state index contributed by atoms with van der Waals surface area (Å²) in [4.78, 5) is 24.0. The van der Waals surface area contributed by atoms with Crippen LogP contribution in [0.2, 0.25) is 0 Å². The zero-order chi connectivity index (χ0) is 20.7. The summed E-state index contributed by atoms with van der Waals surface area (Å²) in [7, 11) is 0. The van der Waals surface area contributed by atoms with Crippen molar-refractivity contribution in [2.24, 2.45) is 0 Å². The van der Waals surface area contributed by atoms with Gasteiger partial charge in [-0.05, 0) is 51.5 Å². The first-order valence-corrected chi connectivity index (χ1v) is 10.0. The van der Waals surface area contributed by atoms with E-state index in [1.165, 1.54) is 35.5 Å². The summed E-state index contributed by atoms with van der Waals surface area (Å²) in [6, 6.07) is 12.1. The Balaban J connectivity index is 1.89. The van der Waals surface area contributed by atoms with E-state index in [1.54, 1.807) is 20.8 Å². The van der Waals surface area contributed by atoms with Gasteiger partial charge in [0.25, 0.3) is 0 Å². The lowest BCUT2D eigenvalue weighted by Crippen LogP contribution is -2.27.